The highest BCUT2D eigenvalue weighted by Crippen LogP contribution is 2.23. The number of alkyl halides is 3. The van der Waals surface area contributed by atoms with Gasteiger partial charge in [-0.05, 0) is 17.7 Å². The molecule has 0 spiro atoms. The first-order chi connectivity index (χ1) is 13.7. The number of anilines is 3. The predicted octanol–water partition coefficient (Wildman–Crippen LogP) is 2.56. The first kappa shape index (κ1) is 19.9. The summed E-state index contributed by atoms with van der Waals surface area (Å²) in [6.45, 7) is 0.177. The fourth-order valence-corrected chi connectivity index (χ4v) is 2.37. The standard InChI is InChI=1S/C17H16F3N7O2/c1-27-9-11(7-24-27)25-16-23-8-13(14(21)28)15(26-16)22-6-10-2-4-12(5-3-10)29-17(18,19)20/h2-5,7-9H,6H2,1H3,(H2,21,28)(H2,22,23,25,26). The van der Waals surface area contributed by atoms with Crippen molar-refractivity contribution in [3.63, 3.8) is 0 Å². The maximum absolute atomic E-state index is 12.2. The van der Waals surface area contributed by atoms with Gasteiger partial charge in [0.25, 0.3) is 5.91 Å². The van der Waals surface area contributed by atoms with E-state index in [1.165, 1.54) is 30.5 Å². The molecule has 1 aromatic carbocycles. The lowest BCUT2D eigenvalue weighted by atomic mass is 10.2. The van der Waals surface area contributed by atoms with E-state index in [1.54, 1.807) is 24.1 Å². The molecule has 3 aromatic rings. The molecule has 29 heavy (non-hydrogen) atoms. The zero-order chi connectivity index (χ0) is 21.0. The number of aromatic nitrogens is 4. The number of hydrogen-bond acceptors (Lipinski definition) is 7. The molecule has 0 aliphatic heterocycles. The summed E-state index contributed by atoms with van der Waals surface area (Å²) >= 11 is 0. The molecule has 4 N–H and O–H groups in total. The molecule has 0 atom stereocenters. The normalized spacial score (nSPS) is 11.2. The Hall–Kier alpha value is -3.83. The van der Waals surface area contributed by atoms with Gasteiger partial charge in [0.1, 0.15) is 11.6 Å². The highest BCUT2D eigenvalue weighted by Gasteiger charge is 2.30. The van der Waals surface area contributed by atoms with Crippen molar-refractivity contribution in [3.8, 4) is 5.75 Å². The first-order valence-corrected chi connectivity index (χ1v) is 8.21. The maximum atomic E-state index is 12.2. The Kier molecular flexibility index (Phi) is 5.52. The molecule has 0 bridgehead atoms. The first-order valence-electron chi connectivity index (χ1n) is 8.21. The number of nitrogens with two attached hydrogens (primary N) is 1. The van der Waals surface area contributed by atoms with Crippen LogP contribution < -0.4 is 21.1 Å². The zero-order valence-corrected chi connectivity index (χ0v) is 15.1. The molecular weight excluding hydrogens is 391 g/mol. The SMILES string of the molecule is Cn1cc(Nc2ncc(C(N)=O)c(NCc3ccc(OC(F)(F)F)cc3)n2)cn1. The predicted molar refractivity (Wildman–Crippen MR) is 97.5 cm³/mol. The number of halogens is 3. The van der Waals surface area contributed by atoms with Gasteiger partial charge >= 0.3 is 6.36 Å². The Labute approximate surface area is 162 Å². The third-order valence-electron chi connectivity index (χ3n) is 3.63. The molecule has 0 aliphatic rings. The van der Waals surface area contributed by atoms with Crippen molar-refractivity contribution < 1.29 is 22.7 Å². The van der Waals surface area contributed by atoms with E-state index in [0.29, 0.717) is 11.3 Å². The number of benzene rings is 1. The van der Waals surface area contributed by atoms with Crippen LogP contribution >= 0.6 is 0 Å². The lowest BCUT2D eigenvalue weighted by Crippen LogP contribution is -2.17. The largest absolute Gasteiger partial charge is 0.573 e. The summed E-state index contributed by atoms with van der Waals surface area (Å²) < 4.78 is 42.1. The number of nitrogens with zero attached hydrogens (tertiary/aromatic N) is 4. The average Bonchev–Trinajstić information content (AvgIpc) is 3.04. The van der Waals surface area contributed by atoms with Crippen LogP contribution in [0.15, 0.2) is 42.9 Å². The number of nitrogens with one attached hydrogen (secondary N) is 2. The van der Waals surface area contributed by atoms with Crippen molar-refractivity contribution in [1.82, 2.24) is 19.7 Å². The van der Waals surface area contributed by atoms with Gasteiger partial charge in [0, 0.05) is 26.0 Å². The molecule has 12 heteroatoms. The lowest BCUT2D eigenvalue weighted by molar-refractivity contribution is -0.274. The number of primary amides is 1. The number of amides is 1. The van der Waals surface area contributed by atoms with Gasteiger partial charge in [-0.3, -0.25) is 9.48 Å². The summed E-state index contributed by atoms with van der Waals surface area (Å²) in [7, 11) is 1.75. The van der Waals surface area contributed by atoms with Crippen LogP contribution in [-0.4, -0.2) is 32.0 Å². The van der Waals surface area contributed by atoms with Crippen LogP contribution in [0, 0.1) is 0 Å². The van der Waals surface area contributed by atoms with E-state index in [-0.39, 0.29) is 29.6 Å². The van der Waals surface area contributed by atoms with Gasteiger partial charge in [0.15, 0.2) is 0 Å². The number of ether oxygens (including phenoxy) is 1. The third-order valence-corrected chi connectivity index (χ3v) is 3.63. The quantitative estimate of drug-likeness (QED) is 0.551. The fourth-order valence-electron chi connectivity index (χ4n) is 2.37. The second-order valence-corrected chi connectivity index (χ2v) is 5.89. The molecular formula is C17H16F3N7O2. The molecule has 2 heterocycles. The molecule has 2 aromatic heterocycles. The minimum absolute atomic E-state index is 0.0683. The smallest absolute Gasteiger partial charge is 0.406 e. The molecule has 3 rings (SSSR count). The summed E-state index contributed by atoms with van der Waals surface area (Å²) in [5.74, 6) is -0.674. The lowest BCUT2D eigenvalue weighted by Gasteiger charge is -2.12. The van der Waals surface area contributed by atoms with Crippen LogP contribution in [0.2, 0.25) is 0 Å². The molecule has 0 radical (unpaired) electrons. The van der Waals surface area contributed by atoms with Gasteiger partial charge in [-0.2, -0.15) is 10.1 Å². The van der Waals surface area contributed by atoms with Crippen LogP contribution in [0.1, 0.15) is 15.9 Å². The molecule has 0 fully saturated rings. The van der Waals surface area contributed by atoms with E-state index in [1.807, 2.05) is 0 Å². The highest BCUT2D eigenvalue weighted by molar-refractivity contribution is 5.97. The second kappa shape index (κ2) is 8.04. The Morgan fingerprint density at radius 1 is 1.24 bits per heavy atom. The van der Waals surface area contributed by atoms with Crippen molar-refractivity contribution in [2.75, 3.05) is 10.6 Å². The van der Waals surface area contributed by atoms with E-state index in [2.05, 4.69) is 30.4 Å². The van der Waals surface area contributed by atoms with Gasteiger partial charge in [-0.1, -0.05) is 12.1 Å². The van der Waals surface area contributed by atoms with Crippen molar-refractivity contribution >= 4 is 23.4 Å². The van der Waals surface area contributed by atoms with Gasteiger partial charge in [0.2, 0.25) is 5.95 Å². The Morgan fingerprint density at radius 3 is 2.55 bits per heavy atom. The van der Waals surface area contributed by atoms with Crippen molar-refractivity contribution in [3.05, 3.63) is 54.0 Å². The number of hydrogen-bond donors (Lipinski definition) is 3. The highest BCUT2D eigenvalue weighted by atomic mass is 19.4. The van der Waals surface area contributed by atoms with E-state index >= 15 is 0 Å². The molecule has 0 saturated heterocycles. The summed E-state index contributed by atoms with van der Waals surface area (Å²) in [6, 6.07) is 5.28. The van der Waals surface area contributed by atoms with E-state index in [0.717, 1.165) is 0 Å². The van der Waals surface area contributed by atoms with Gasteiger partial charge in [-0.15, -0.1) is 13.2 Å². The zero-order valence-electron chi connectivity index (χ0n) is 15.1. The Bertz CT molecular complexity index is 1000. The van der Waals surface area contributed by atoms with Crippen molar-refractivity contribution in [2.45, 2.75) is 12.9 Å². The van der Waals surface area contributed by atoms with Crippen LogP contribution in [0.3, 0.4) is 0 Å². The van der Waals surface area contributed by atoms with Gasteiger partial charge in [0.05, 0.1) is 17.4 Å². The third kappa shape index (κ3) is 5.57. The number of aryl methyl sites for hydroxylation is 1. The van der Waals surface area contributed by atoms with Crippen molar-refractivity contribution in [2.24, 2.45) is 12.8 Å². The second-order valence-electron chi connectivity index (χ2n) is 5.89. The Morgan fingerprint density at radius 2 is 1.97 bits per heavy atom. The average molecular weight is 407 g/mol. The van der Waals surface area contributed by atoms with Crippen LogP contribution in [0.25, 0.3) is 0 Å². The molecule has 152 valence electrons. The van der Waals surface area contributed by atoms with Gasteiger partial charge in [-0.25, -0.2) is 4.98 Å². The number of carbonyl (C=O) groups is 1. The number of carbonyl (C=O) groups excluding carboxylic acids is 1. The van der Waals surface area contributed by atoms with Crippen LogP contribution in [0.5, 0.6) is 5.75 Å². The van der Waals surface area contributed by atoms with E-state index < -0.39 is 12.3 Å². The van der Waals surface area contributed by atoms with Crippen LogP contribution in [0.4, 0.5) is 30.6 Å². The maximum Gasteiger partial charge on any atom is 0.573 e. The molecule has 0 saturated carbocycles. The molecule has 1 amide bonds. The molecule has 0 aliphatic carbocycles. The topological polar surface area (TPSA) is 120 Å². The monoisotopic (exact) mass is 407 g/mol. The summed E-state index contributed by atoms with van der Waals surface area (Å²) in [5.41, 5.74) is 6.70. The minimum Gasteiger partial charge on any atom is -0.406 e. The summed E-state index contributed by atoms with van der Waals surface area (Å²) in [6.07, 6.45) is -0.197. The number of rotatable bonds is 7. The van der Waals surface area contributed by atoms with Gasteiger partial charge < -0.3 is 21.1 Å². The summed E-state index contributed by atoms with van der Waals surface area (Å²) in [5, 5.41) is 9.89. The van der Waals surface area contributed by atoms with Crippen LogP contribution in [-0.2, 0) is 13.6 Å². The van der Waals surface area contributed by atoms with Crippen molar-refractivity contribution in [1.29, 1.82) is 0 Å². The molecule has 9 nitrogen and oxygen atoms in total. The fraction of sp³-hybridized carbons (Fsp3) is 0.176. The minimum atomic E-state index is -4.76. The summed E-state index contributed by atoms with van der Waals surface area (Å²) in [4.78, 5) is 19.9. The molecule has 0 unspecified atom stereocenters. The Balaban J connectivity index is 1.73. The van der Waals surface area contributed by atoms with E-state index in [9.17, 15) is 18.0 Å². The van der Waals surface area contributed by atoms with E-state index in [4.69, 9.17) is 5.73 Å².